The van der Waals surface area contributed by atoms with Crippen molar-refractivity contribution in [1.82, 2.24) is 0 Å². The van der Waals surface area contributed by atoms with E-state index in [0.29, 0.717) is 11.8 Å². The molecular weight excluding hydrogens is 144 g/mol. The van der Waals surface area contributed by atoms with Gasteiger partial charge in [-0.3, -0.25) is 4.79 Å². The van der Waals surface area contributed by atoms with E-state index in [4.69, 9.17) is 1.43 Å². The quantitative estimate of drug-likeness (QED) is 0.648. The summed E-state index contributed by atoms with van der Waals surface area (Å²) in [6.07, 6.45) is 0.676. The Morgan fingerprint density at radius 2 is 2.09 bits per heavy atom. The molecule has 0 spiro atoms. The largest absolute Gasteiger partial charge is 0.478 e. The molecule has 1 aromatic rings. The third kappa shape index (κ3) is 1.64. The summed E-state index contributed by atoms with van der Waals surface area (Å²) in [7, 11) is 0. The van der Waals surface area contributed by atoms with E-state index < -0.39 is 5.97 Å². The first-order valence-corrected chi connectivity index (χ1v) is 3.00. The lowest BCUT2D eigenvalue weighted by molar-refractivity contribution is 0.0696. The van der Waals surface area contributed by atoms with Crippen LogP contribution < -0.4 is 0 Å². The van der Waals surface area contributed by atoms with E-state index in [1.165, 1.54) is 24.3 Å². The summed E-state index contributed by atoms with van der Waals surface area (Å²) in [5, 5.41) is 3.73. The Morgan fingerprint density at radius 3 is 2.55 bits per heavy atom. The Hall–Kier alpha value is -1.64. The Labute approximate surface area is 64.8 Å². The highest BCUT2D eigenvalue weighted by Gasteiger charge is 1.99. The number of aromatic carboxylic acids is 1. The van der Waals surface area contributed by atoms with Crippen LogP contribution in [0.3, 0.4) is 0 Å². The van der Waals surface area contributed by atoms with Crippen LogP contribution in [0.15, 0.2) is 24.3 Å². The van der Waals surface area contributed by atoms with Gasteiger partial charge in [-0.15, -0.1) is 0 Å². The van der Waals surface area contributed by atoms with E-state index >= 15 is 0 Å². The van der Waals surface area contributed by atoms with Crippen molar-refractivity contribution in [3.05, 3.63) is 35.4 Å². The van der Waals surface area contributed by atoms with Gasteiger partial charge in [0.25, 0.3) is 1.43 Å². The second-order valence-corrected chi connectivity index (χ2v) is 2.03. The molecule has 1 aromatic carbocycles. The fraction of sp³-hybridized carbons (Fsp3) is 0. The number of carboxylic acid groups (broad SMARTS) is 1. The molecule has 0 bridgehead atoms. The van der Waals surface area contributed by atoms with Crippen molar-refractivity contribution in [2.45, 2.75) is 0 Å². The molecule has 0 saturated carbocycles. The molecule has 0 unspecified atom stereocenters. The van der Waals surface area contributed by atoms with Gasteiger partial charge in [0.05, 0.1) is 5.56 Å². The van der Waals surface area contributed by atoms with Crippen molar-refractivity contribution in [2.75, 3.05) is 0 Å². The van der Waals surface area contributed by atoms with Crippen molar-refractivity contribution >= 4 is 12.3 Å². The van der Waals surface area contributed by atoms with Gasteiger partial charge in [0.2, 0.25) is 0 Å². The molecular formula is C8H6O3. The van der Waals surface area contributed by atoms with Gasteiger partial charge in [0.1, 0.15) is 6.29 Å². The summed E-state index contributed by atoms with van der Waals surface area (Å²) in [5.74, 6) is -0.729. The van der Waals surface area contributed by atoms with Crippen LogP contribution in [0.1, 0.15) is 20.7 Å². The highest BCUT2D eigenvalue weighted by molar-refractivity contribution is 5.88. The van der Waals surface area contributed by atoms with E-state index in [2.05, 4.69) is 5.11 Å². The average molecular weight is 152 g/mol. The summed E-state index contributed by atoms with van der Waals surface area (Å²) >= 11 is 0. The van der Waals surface area contributed by atoms with Crippen LogP contribution in [-0.4, -0.2) is 17.4 Å². The summed E-state index contributed by atoms with van der Waals surface area (Å²) in [5.41, 5.74) is 0.743. The molecule has 3 heteroatoms. The second kappa shape index (κ2) is 2.96. The van der Waals surface area contributed by atoms with E-state index in [1.54, 1.807) is 0 Å². The van der Waals surface area contributed by atoms with Gasteiger partial charge in [0, 0.05) is 5.56 Å². The molecule has 1 rings (SSSR count). The number of carbonyl (C=O) groups excluding carboxylic acids is 1. The maximum absolute atomic E-state index is 10.7. The van der Waals surface area contributed by atoms with Gasteiger partial charge in [-0.05, 0) is 12.1 Å². The summed E-state index contributed by atoms with van der Waals surface area (Å²) in [4.78, 5) is 20.9. The van der Waals surface area contributed by atoms with Crippen LogP contribution in [0.25, 0.3) is 1.43 Å². The highest BCUT2D eigenvalue weighted by Crippen LogP contribution is 2.01. The first-order valence-electron chi connectivity index (χ1n) is 3.41. The van der Waals surface area contributed by atoms with Gasteiger partial charge in [-0.25, -0.2) is 4.79 Å². The summed E-state index contributed by atoms with van der Waals surface area (Å²) < 4.78 is 6.33. The number of rotatable bonds is 2. The topological polar surface area (TPSA) is 54.4 Å². The van der Waals surface area contributed by atoms with Crippen LogP contribution in [0.2, 0.25) is 0 Å². The molecule has 0 fully saturated rings. The van der Waals surface area contributed by atoms with Gasteiger partial charge < -0.3 is 5.11 Å². The van der Waals surface area contributed by atoms with Crippen LogP contribution in [0, 0.1) is 0 Å². The fourth-order valence-electron chi connectivity index (χ4n) is 0.698. The molecule has 0 radical (unpaired) electrons. The standard InChI is InChI=1S/C8H6O3/c9-5-6-1-3-7(4-2-6)8(10)11/h1-5H,(H,10,11)/i/hT. The molecule has 0 aromatic heterocycles. The Morgan fingerprint density at radius 1 is 1.45 bits per heavy atom. The molecule has 0 heterocycles. The number of hydrogen-bond acceptors (Lipinski definition) is 3. The van der Waals surface area contributed by atoms with E-state index in [1.807, 2.05) is 0 Å². The van der Waals surface area contributed by atoms with Gasteiger partial charge in [-0.2, -0.15) is 0 Å². The molecule has 0 aliphatic carbocycles. The number of carboxylic acids is 1. The number of benzene rings is 1. The lowest BCUT2D eigenvalue weighted by Gasteiger charge is -1.92. The van der Waals surface area contributed by atoms with Gasteiger partial charge in [-0.1, -0.05) is 12.1 Å². The number of carbonyl (C=O) groups is 2. The Kier molecular flexibility index (Phi) is 1.64. The zero-order valence-electron chi connectivity index (χ0n) is 6.61. The minimum Gasteiger partial charge on any atom is -0.478 e. The normalized spacial score (nSPS) is 10.0. The Balaban J connectivity index is 2.91. The van der Waals surface area contributed by atoms with Crippen LogP contribution in [0.4, 0.5) is 0 Å². The van der Waals surface area contributed by atoms with Crippen molar-refractivity contribution in [1.29, 1.82) is 1.43 Å². The lowest BCUT2D eigenvalue weighted by atomic mass is 10.1. The number of hydrogen-bond donors (Lipinski definition) is 1. The molecule has 0 amide bonds. The smallest absolute Gasteiger partial charge is 0.335 e. The SMILES string of the molecule is [3H]OC(=O)c1ccc(C=O)cc1. The minimum atomic E-state index is -0.729. The second-order valence-electron chi connectivity index (χ2n) is 2.03. The van der Waals surface area contributed by atoms with E-state index in [9.17, 15) is 9.59 Å². The molecule has 1 N–H and O–H groups in total. The van der Waals surface area contributed by atoms with Crippen molar-refractivity contribution in [2.24, 2.45) is 0 Å². The summed E-state index contributed by atoms with van der Waals surface area (Å²) in [6, 6.07) is 5.83. The predicted molar refractivity (Wildman–Crippen MR) is 38.8 cm³/mol. The van der Waals surface area contributed by atoms with Crippen molar-refractivity contribution in [3.8, 4) is 0 Å². The van der Waals surface area contributed by atoms with Crippen LogP contribution >= 0.6 is 0 Å². The van der Waals surface area contributed by atoms with Gasteiger partial charge >= 0.3 is 5.97 Å². The van der Waals surface area contributed by atoms with Gasteiger partial charge in [0.15, 0.2) is 0 Å². The molecule has 0 aliphatic heterocycles. The molecule has 56 valence electrons. The summed E-state index contributed by atoms with van der Waals surface area (Å²) in [6.45, 7) is 0. The molecule has 3 nitrogen and oxygen atoms in total. The lowest BCUT2D eigenvalue weighted by Crippen LogP contribution is -1.95. The highest BCUT2D eigenvalue weighted by atomic mass is 16.4. The zero-order valence-corrected chi connectivity index (χ0v) is 5.61. The zero-order chi connectivity index (χ0) is 8.97. The van der Waals surface area contributed by atoms with E-state index in [0.717, 1.165) is 0 Å². The monoisotopic (exact) mass is 152 g/mol. The van der Waals surface area contributed by atoms with Crippen LogP contribution in [-0.2, 0) is 0 Å². The van der Waals surface area contributed by atoms with Crippen molar-refractivity contribution < 1.29 is 14.7 Å². The predicted octanol–water partition coefficient (Wildman–Crippen LogP) is 1.20. The fourth-order valence-corrected chi connectivity index (χ4v) is 0.698. The molecule has 0 saturated heterocycles. The van der Waals surface area contributed by atoms with E-state index in [-0.39, 0.29) is 5.56 Å². The average Bonchev–Trinajstić information content (AvgIpc) is 2.17. The molecule has 11 heavy (non-hydrogen) atoms. The maximum atomic E-state index is 10.7. The third-order valence-corrected chi connectivity index (χ3v) is 1.28. The Bertz CT molecular complexity index is 292. The van der Waals surface area contributed by atoms with Crippen molar-refractivity contribution in [3.63, 3.8) is 0 Å². The maximum Gasteiger partial charge on any atom is 0.335 e. The number of aldehydes is 1. The third-order valence-electron chi connectivity index (χ3n) is 1.28. The first-order chi connectivity index (χ1) is 5.77. The first kappa shape index (κ1) is 6.09. The molecule has 0 aliphatic rings. The van der Waals surface area contributed by atoms with Crippen LogP contribution in [0.5, 0.6) is 0 Å². The molecule has 0 atom stereocenters. The minimum absolute atomic E-state index is 0.260.